The van der Waals surface area contributed by atoms with E-state index in [2.05, 4.69) is 5.10 Å². The first-order chi connectivity index (χ1) is 18.5. The van der Waals surface area contributed by atoms with Gasteiger partial charge in [0, 0.05) is 16.5 Å². The van der Waals surface area contributed by atoms with Crippen LogP contribution in [-0.4, -0.2) is 9.78 Å². The molecule has 10 heteroatoms. The first-order valence-corrected chi connectivity index (χ1v) is 11.7. The zero-order valence-corrected chi connectivity index (χ0v) is 20.0. The Morgan fingerprint density at radius 2 is 1.38 bits per heavy atom. The Hall–Kier alpha value is -4.34. The largest absolute Gasteiger partial charge is 0.489 e. The van der Waals surface area contributed by atoms with Crippen LogP contribution in [0.5, 0.6) is 5.75 Å². The van der Waals surface area contributed by atoms with E-state index in [1.807, 2.05) is 18.2 Å². The van der Waals surface area contributed by atoms with Gasteiger partial charge in [-0.2, -0.15) is 31.4 Å². The molecule has 3 nitrogen and oxygen atoms in total. The van der Waals surface area contributed by atoms with Crippen LogP contribution in [0.1, 0.15) is 22.3 Å². The number of hydrogen-bond donors (Lipinski definition) is 0. The van der Waals surface area contributed by atoms with E-state index in [1.165, 1.54) is 28.9 Å². The fourth-order valence-corrected chi connectivity index (χ4v) is 4.42. The van der Waals surface area contributed by atoms with E-state index < -0.39 is 41.5 Å². The van der Waals surface area contributed by atoms with Crippen molar-refractivity contribution in [3.05, 3.63) is 119 Å². The molecule has 0 unspecified atom stereocenters. The van der Waals surface area contributed by atoms with Gasteiger partial charge in [-0.25, -0.2) is 4.39 Å². The molecule has 4 aromatic carbocycles. The molecule has 200 valence electrons. The average molecular weight is 544 g/mol. The summed E-state index contributed by atoms with van der Waals surface area (Å²) in [4.78, 5) is 0. The molecule has 0 aliphatic rings. The number of alkyl halides is 6. The van der Waals surface area contributed by atoms with E-state index >= 15 is 0 Å². The van der Waals surface area contributed by atoms with E-state index in [0.29, 0.717) is 11.3 Å². The third kappa shape index (κ3) is 5.45. The summed E-state index contributed by atoms with van der Waals surface area (Å²) in [6.07, 6.45) is -9.41. The van der Waals surface area contributed by atoms with Gasteiger partial charge >= 0.3 is 12.4 Å². The molecule has 5 rings (SSSR count). The maximum atomic E-state index is 14.3. The number of ether oxygens (including phenoxy) is 1. The first kappa shape index (κ1) is 26.3. The zero-order valence-electron chi connectivity index (χ0n) is 20.0. The fourth-order valence-electron chi connectivity index (χ4n) is 4.42. The lowest BCUT2D eigenvalue weighted by molar-refractivity contribution is -0.139. The predicted octanol–water partition coefficient (Wildman–Crippen LogP) is 8.51. The summed E-state index contributed by atoms with van der Waals surface area (Å²) in [5, 5.41) is 4.55. The molecule has 0 atom stereocenters. The smallest absolute Gasteiger partial charge is 0.418 e. The van der Waals surface area contributed by atoms with E-state index in [9.17, 15) is 30.7 Å². The van der Waals surface area contributed by atoms with Crippen molar-refractivity contribution < 1.29 is 35.5 Å². The van der Waals surface area contributed by atoms with Crippen LogP contribution in [0.4, 0.5) is 30.7 Å². The maximum Gasteiger partial charge on any atom is 0.418 e. The molecule has 0 saturated heterocycles. The van der Waals surface area contributed by atoms with Crippen LogP contribution in [0, 0.1) is 5.82 Å². The first-order valence-electron chi connectivity index (χ1n) is 11.7. The van der Waals surface area contributed by atoms with Crippen molar-refractivity contribution in [2.45, 2.75) is 25.5 Å². The summed E-state index contributed by atoms with van der Waals surface area (Å²) in [5.74, 6) is -0.955. The van der Waals surface area contributed by atoms with Crippen LogP contribution in [0.25, 0.3) is 22.2 Å². The maximum absolute atomic E-state index is 14.3. The highest BCUT2D eigenvalue weighted by molar-refractivity contribution is 5.95. The third-order valence-corrected chi connectivity index (χ3v) is 6.17. The van der Waals surface area contributed by atoms with Gasteiger partial charge in [0.1, 0.15) is 23.7 Å². The van der Waals surface area contributed by atoms with Gasteiger partial charge in [0.25, 0.3) is 0 Å². The molecule has 1 heterocycles. The SMILES string of the molecule is Fc1cccc(C(F)(F)F)c1COc1cccc(-c2c3cccc(C(F)(F)F)c3nn2Cc2ccccc2)c1. The minimum Gasteiger partial charge on any atom is -0.489 e. The highest BCUT2D eigenvalue weighted by Crippen LogP contribution is 2.39. The van der Waals surface area contributed by atoms with Crippen molar-refractivity contribution in [3.63, 3.8) is 0 Å². The molecule has 0 bridgehead atoms. The fraction of sp³-hybridized carbons (Fsp3) is 0.138. The topological polar surface area (TPSA) is 27.1 Å². The van der Waals surface area contributed by atoms with Gasteiger partial charge in [0.05, 0.1) is 23.4 Å². The van der Waals surface area contributed by atoms with Gasteiger partial charge in [-0.05, 0) is 35.9 Å². The molecule has 0 saturated carbocycles. The number of nitrogens with zero attached hydrogens (tertiary/aromatic N) is 2. The van der Waals surface area contributed by atoms with Gasteiger partial charge in [0.2, 0.25) is 0 Å². The van der Waals surface area contributed by atoms with Gasteiger partial charge in [-0.3, -0.25) is 4.68 Å². The summed E-state index contributed by atoms with van der Waals surface area (Å²) < 4.78 is 103. The number of fused-ring (bicyclic) bond motifs is 1. The Bertz CT molecular complexity index is 1620. The highest BCUT2D eigenvalue weighted by Gasteiger charge is 2.35. The van der Waals surface area contributed by atoms with E-state index in [1.54, 1.807) is 24.3 Å². The second-order valence-electron chi connectivity index (χ2n) is 8.77. The lowest BCUT2D eigenvalue weighted by Crippen LogP contribution is -2.12. The number of benzene rings is 4. The van der Waals surface area contributed by atoms with Gasteiger partial charge in [-0.15, -0.1) is 0 Å². The van der Waals surface area contributed by atoms with Crippen molar-refractivity contribution in [1.29, 1.82) is 0 Å². The average Bonchev–Trinajstić information content (AvgIpc) is 3.25. The third-order valence-electron chi connectivity index (χ3n) is 6.17. The summed E-state index contributed by atoms with van der Waals surface area (Å²) >= 11 is 0. The molecule has 0 spiro atoms. The molecule has 0 aliphatic heterocycles. The van der Waals surface area contributed by atoms with Crippen molar-refractivity contribution in [3.8, 4) is 17.0 Å². The molecule has 0 amide bonds. The van der Waals surface area contributed by atoms with Crippen LogP contribution >= 0.6 is 0 Å². The molecule has 0 radical (unpaired) electrons. The van der Waals surface area contributed by atoms with Crippen molar-refractivity contribution in [2.75, 3.05) is 0 Å². The number of rotatable bonds is 6. The van der Waals surface area contributed by atoms with Gasteiger partial charge in [-0.1, -0.05) is 60.7 Å². The van der Waals surface area contributed by atoms with E-state index in [4.69, 9.17) is 4.74 Å². The second kappa shape index (κ2) is 10.1. The molecular weight excluding hydrogens is 525 g/mol. The van der Waals surface area contributed by atoms with Crippen molar-refractivity contribution >= 4 is 10.9 Å². The van der Waals surface area contributed by atoms with E-state index in [0.717, 1.165) is 29.8 Å². The summed E-state index contributed by atoms with van der Waals surface area (Å²) in [6.45, 7) is -0.537. The van der Waals surface area contributed by atoms with Crippen LogP contribution < -0.4 is 4.74 Å². The molecular formula is C29H19F7N2O. The Labute approximate surface area is 218 Å². The van der Waals surface area contributed by atoms with Crippen molar-refractivity contribution in [1.82, 2.24) is 9.78 Å². The zero-order chi connectivity index (χ0) is 27.8. The normalized spacial score (nSPS) is 12.2. The standard InChI is InChI=1S/C29H19F7N2O/c30-25-14-6-12-23(28(31,32)33)22(25)17-39-20-10-4-9-19(15-20)27-21-11-5-13-24(29(34,35)36)26(21)37-38(27)16-18-7-2-1-3-8-18/h1-15H,16-17H2. The second-order valence-corrected chi connectivity index (χ2v) is 8.77. The summed E-state index contributed by atoms with van der Waals surface area (Å²) in [5.41, 5.74) is -1.33. The van der Waals surface area contributed by atoms with Crippen LogP contribution in [0.15, 0.2) is 91.0 Å². The Morgan fingerprint density at radius 1 is 0.718 bits per heavy atom. The molecule has 39 heavy (non-hydrogen) atoms. The van der Waals surface area contributed by atoms with Crippen LogP contribution in [-0.2, 0) is 25.5 Å². The Morgan fingerprint density at radius 3 is 2.10 bits per heavy atom. The summed E-state index contributed by atoms with van der Waals surface area (Å²) in [6, 6.07) is 21.6. The summed E-state index contributed by atoms with van der Waals surface area (Å²) in [7, 11) is 0. The molecule has 0 aliphatic carbocycles. The lowest BCUT2D eigenvalue weighted by atomic mass is 10.0. The molecule has 1 aromatic heterocycles. The monoisotopic (exact) mass is 544 g/mol. The van der Waals surface area contributed by atoms with Gasteiger partial charge in [0.15, 0.2) is 0 Å². The minimum atomic E-state index is -4.78. The molecule has 5 aromatic rings. The van der Waals surface area contributed by atoms with Crippen molar-refractivity contribution in [2.24, 2.45) is 0 Å². The number of aromatic nitrogens is 2. The van der Waals surface area contributed by atoms with Crippen LogP contribution in [0.2, 0.25) is 0 Å². The highest BCUT2D eigenvalue weighted by atomic mass is 19.4. The number of hydrogen-bond acceptors (Lipinski definition) is 2. The van der Waals surface area contributed by atoms with Crippen LogP contribution in [0.3, 0.4) is 0 Å². The Balaban J connectivity index is 1.57. The Kier molecular flexibility index (Phi) is 6.80. The van der Waals surface area contributed by atoms with E-state index in [-0.39, 0.29) is 23.2 Å². The number of halogens is 7. The molecule has 0 N–H and O–H groups in total. The predicted molar refractivity (Wildman–Crippen MR) is 131 cm³/mol. The molecule has 0 fully saturated rings. The minimum absolute atomic E-state index is 0.108. The van der Waals surface area contributed by atoms with Gasteiger partial charge < -0.3 is 4.74 Å². The quantitative estimate of drug-likeness (QED) is 0.201. The lowest BCUT2D eigenvalue weighted by Gasteiger charge is -2.15.